The predicted molar refractivity (Wildman–Crippen MR) is 103 cm³/mol. The van der Waals surface area contributed by atoms with Crippen LogP contribution in [0.25, 0.3) is 0 Å². The SMILES string of the molecule is CO[C@@H]1CN(C(=O)Nc2ccc(Cl)cc2)CC[C@@]1(OC)c1ccccc1. The number of methoxy groups -OCH3 is 2. The summed E-state index contributed by atoms with van der Waals surface area (Å²) in [5.41, 5.74) is 1.21. The lowest BCUT2D eigenvalue weighted by Crippen LogP contribution is -2.57. The third-order valence-corrected chi connectivity index (χ3v) is 5.21. The molecular formula is C20H23ClN2O3. The highest BCUT2D eigenvalue weighted by Crippen LogP contribution is 2.38. The summed E-state index contributed by atoms with van der Waals surface area (Å²) in [7, 11) is 3.35. The molecule has 0 aromatic heterocycles. The van der Waals surface area contributed by atoms with Crippen molar-refractivity contribution in [3.05, 3.63) is 65.2 Å². The number of hydrogen-bond donors (Lipinski definition) is 1. The van der Waals surface area contributed by atoms with Gasteiger partial charge in [0, 0.05) is 37.9 Å². The maximum atomic E-state index is 12.6. The van der Waals surface area contributed by atoms with Crippen LogP contribution in [0, 0.1) is 0 Å². The first-order chi connectivity index (χ1) is 12.6. The van der Waals surface area contributed by atoms with E-state index in [0.717, 1.165) is 5.56 Å². The number of hydrogen-bond acceptors (Lipinski definition) is 3. The van der Waals surface area contributed by atoms with Crippen molar-refractivity contribution < 1.29 is 14.3 Å². The second-order valence-corrected chi connectivity index (χ2v) is 6.75. The number of carbonyl (C=O) groups excluding carboxylic acids is 1. The molecule has 2 atom stereocenters. The maximum absolute atomic E-state index is 12.6. The summed E-state index contributed by atoms with van der Waals surface area (Å²) < 4.78 is 11.7. The van der Waals surface area contributed by atoms with E-state index < -0.39 is 5.60 Å². The Balaban J connectivity index is 1.74. The molecule has 0 saturated carbocycles. The van der Waals surface area contributed by atoms with Crippen LogP contribution in [0.4, 0.5) is 10.5 Å². The first-order valence-corrected chi connectivity index (χ1v) is 8.92. The smallest absolute Gasteiger partial charge is 0.321 e. The minimum absolute atomic E-state index is 0.160. The molecule has 5 nitrogen and oxygen atoms in total. The second-order valence-electron chi connectivity index (χ2n) is 6.32. The minimum atomic E-state index is -0.562. The van der Waals surface area contributed by atoms with Crippen LogP contribution in [0.2, 0.25) is 5.02 Å². The van der Waals surface area contributed by atoms with Crippen molar-refractivity contribution in [2.75, 3.05) is 32.6 Å². The molecule has 1 heterocycles. The zero-order chi connectivity index (χ0) is 18.6. The van der Waals surface area contributed by atoms with Gasteiger partial charge in [-0.15, -0.1) is 0 Å². The zero-order valence-electron chi connectivity index (χ0n) is 14.9. The fourth-order valence-electron chi connectivity index (χ4n) is 3.49. The molecule has 3 rings (SSSR count). The molecule has 1 aliphatic rings. The Morgan fingerprint density at radius 2 is 1.85 bits per heavy atom. The topological polar surface area (TPSA) is 50.8 Å². The van der Waals surface area contributed by atoms with Crippen molar-refractivity contribution in [1.29, 1.82) is 0 Å². The molecule has 1 saturated heterocycles. The van der Waals surface area contributed by atoms with Crippen LogP contribution in [0.15, 0.2) is 54.6 Å². The largest absolute Gasteiger partial charge is 0.376 e. The highest BCUT2D eigenvalue weighted by atomic mass is 35.5. The van der Waals surface area contributed by atoms with Gasteiger partial charge < -0.3 is 19.7 Å². The van der Waals surface area contributed by atoms with Crippen LogP contribution in [-0.4, -0.2) is 44.3 Å². The molecule has 2 amide bonds. The lowest BCUT2D eigenvalue weighted by atomic mass is 9.81. The van der Waals surface area contributed by atoms with E-state index in [1.807, 2.05) is 30.3 Å². The van der Waals surface area contributed by atoms with E-state index in [4.69, 9.17) is 21.1 Å². The molecule has 1 aliphatic heterocycles. The molecule has 0 spiro atoms. The number of nitrogens with zero attached hydrogens (tertiary/aromatic N) is 1. The summed E-state index contributed by atoms with van der Waals surface area (Å²) >= 11 is 5.89. The van der Waals surface area contributed by atoms with E-state index in [9.17, 15) is 4.79 Å². The monoisotopic (exact) mass is 374 g/mol. The van der Waals surface area contributed by atoms with Crippen LogP contribution in [0.5, 0.6) is 0 Å². The fraction of sp³-hybridized carbons (Fsp3) is 0.350. The lowest BCUT2D eigenvalue weighted by Gasteiger charge is -2.46. The van der Waals surface area contributed by atoms with Crippen molar-refractivity contribution in [1.82, 2.24) is 4.90 Å². The molecule has 1 fully saturated rings. The molecular weight excluding hydrogens is 352 g/mol. The van der Waals surface area contributed by atoms with Gasteiger partial charge in [0.15, 0.2) is 0 Å². The van der Waals surface area contributed by atoms with Crippen LogP contribution in [0.3, 0.4) is 0 Å². The molecule has 0 radical (unpaired) electrons. The molecule has 0 aliphatic carbocycles. The molecule has 0 unspecified atom stereocenters. The molecule has 26 heavy (non-hydrogen) atoms. The number of nitrogens with one attached hydrogen (secondary N) is 1. The summed E-state index contributed by atoms with van der Waals surface area (Å²) in [6.07, 6.45) is 0.389. The summed E-state index contributed by atoms with van der Waals surface area (Å²) in [5.74, 6) is 0. The summed E-state index contributed by atoms with van der Waals surface area (Å²) in [6.45, 7) is 1.01. The second kappa shape index (κ2) is 8.08. The van der Waals surface area contributed by atoms with Crippen molar-refractivity contribution >= 4 is 23.3 Å². The number of rotatable bonds is 4. The summed E-state index contributed by atoms with van der Waals surface area (Å²) in [4.78, 5) is 14.4. The Morgan fingerprint density at radius 1 is 1.15 bits per heavy atom. The standard InChI is InChI=1S/C20H23ClN2O3/c1-25-18-14-23(19(24)22-17-10-8-16(21)9-11-17)13-12-20(18,26-2)15-6-4-3-5-7-15/h3-11,18H,12-14H2,1-2H3,(H,22,24)/t18-,20-/m1/s1. The van der Waals surface area contributed by atoms with Crippen molar-refractivity contribution in [3.8, 4) is 0 Å². The molecule has 1 N–H and O–H groups in total. The third-order valence-electron chi connectivity index (χ3n) is 4.95. The van der Waals surface area contributed by atoms with Crippen LogP contribution >= 0.6 is 11.6 Å². The number of carbonyl (C=O) groups is 1. The predicted octanol–water partition coefficient (Wildman–Crippen LogP) is 4.13. The van der Waals surface area contributed by atoms with E-state index in [1.165, 1.54) is 0 Å². The first kappa shape index (κ1) is 18.7. The number of ether oxygens (including phenoxy) is 2. The van der Waals surface area contributed by atoms with Gasteiger partial charge >= 0.3 is 6.03 Å². The third kappa shape index (κ3) is 3.70. The van der Waals surface area contributed by atoms with Crippen molar-refractivity contribution in [2.24, 2.45) is 0 Å². The Hall–Kier alpha value is -2.08. The van der Waals surface area contributed by atoms with Gasteiger partial charge in [0.1, 0.15) is 11.7 Å². The van der Waals surface area contributed by atoms with Crippen molar-refractivity contribution in [3.63, 3.8) is 0 Å². The average Bonchev–Trinajstić information content (AvgIpc) is 2.69. The van der Waals surface area contributed by atoms with Crippen LogP contribution in [-0.2, 0) is 15.1 Å². The van der Waals surface area contributed by atoms with E-state index >= 15 is 0 Å². The van der Waals surface area contributed by atoms with Crippen LogP contribution < -0.4 is 5.32 Å². The fourth-order valence-corrected chi connectivity index (χ4v) is 3.61. The molecule has 0 bridgehead atoms. The quantitative estimate of drug-likeness (QED) is 0.875. The van der Waals surface area contributed by atoms with E-state index in [1.54, 1.807) is 43.4 Å². The number of benzene rings is 2. The molecule has 2 aromatic rings. The van der Waals surface area contributed by atoms with E-state index in [0.29, 0.717) is 30.2 Å². The Kier molecular flexibility index (Phi) is 5.81. The summed E-state index contributed by atoms with van der Waals surface area (Å²) in [5, 5.41) is 3.53. The van der Waals surface area contributed by atoms with Crippen LogP contribution in [0.1, 0.15) is 12.0 Å². The highest BCUT2D eigenvalue weighted by molar-refractivity contribution is 6.30. The number of urea groups is 1. The number of anilines is 1. The number of halogens is 1. The number of piperidine rings is 1. The maximum Gasteiger partial charge on any atom is 0.321 e. The van der Waals surface area contributed by atoms with Gasteiger partial charge in [-0.05, 0) is 29.8 Å². The highest BCUT2D eigenvalue weighted by Gasteiger charge is 2.46. The van der Waals surface area contributed by atoms with Gasteiger partial charge in [-0.2, -0.15) is 0 Å². The van der Waals surface area contributed by atoms with Gasteiger partial charge in [0.05, 0.1) is 6.54 Å². The molecule has 138 valence electrons. The number of likely N-dealkylation sites (tertiary alicyclic amines) is 1. The number of amides is 2. The summed E-state index contributed by atoms with van der Waals surface area (Å²) in [6, 6.07) is 16.9. The Bertz CT molecular complexity index is 738. The van der Waals surface area contributed by atoms with Crippen molar-refractivity contribution in [2.45, 2.75) is 18.1 Å². The Morgan fingerprint density at radius 3 is 2.46 bits per heavy atom. The first-order valence-electron chi connectivity index (χ1n) is 8.54. The van der Waals surface area contributed by atoms with Gasteiger partial charge in [-0.1, -0.05) is 41.9 Å². The molecule has 2 aromatic carbocycles. The molecule has 6 heteroatoms. The van der Waals surface area contributed by atoms with Gasteiger partial charge in [-0.3, -0.25) is 0 Å². The normalized spacial score (nSPS) is 22.9. The zero-order valence-corrected chi connectivity index (χ0v) is 15.7. The van der Waals surface area contributed by atoms with E-state index in [-0.39, 0.29) is 12.1 Å². The van der Waals surface area contributed by atoms with E-state index in [2.05, 4.69) is 5.32 Å². The van der Waals surface area contributed by atoms with Gasteiger partial charge in [0.2, 0.25) is 0 Å². The average molecular weight is 375 g/mol. The lowest BCUT2D eigenvalue weighted by molar-refractivity contribution is -0.152. The minimum Gasteiger partial charge on any atom is -0.376 e. The van der Waals surface area contributed by atoms with Gasteiger partial charge in [-0.25, -0.2) is 4.79 Å². The van der Waals surface area contributed by atoms with Gasteiger partial charge in [0.25, 0.3) is 0 Å². The Labute approximate surface area is 158 Å².